The van der Waals surface area contributed by atoms with Crippen molar-refractivity contribution in [2.75, 3.05) is 39.3 Å². The Labute approximate surface area is 154 Å². The third kappa shape index (κ3) is 3.99. The van der Waals surface area contributed by atoms with Crippen LogP contribution in [0.5, 0.6) is 0 Å². The molecule has 0 unspecified atom stereocenters. The first-order valence-electron chi connectivity index (χ1n) is 9.09. The molecule has 0 spiro atoms. The van der Waals surface area contributed by atoms with Crippen molar-refractivity contribution in [1.82, 2.24) is 18.1 Å². The van der Waals surface area contributed by atoms with E-state index in [1.807, 2.05) is 13.0 Å². The number of nitrogens with zero attached hydrogens (tertiary/aromatic N) is 4. The number of piperazine rings is 1. The smallest absolute Gasteiger partial charge is 0.282 e. The number of hydrogen-bond acceptors (Lipinski definition) is 4. The van der Waals surface area contributed by atoms with Crippen LogP contribution in [0.1, 0.15) is 25.0 Å². The minimum Gasteiger partial charge on any atom is -0.340 e. The molecule has 3 rings (SSSR count). The molecule has 2 aliphatic rings. The fourth-order valence-corrected chi connectivity index (χ4v) is 5.20. The molecule has 144 valence electrons. The summed E-state index contributed by atoms with van der Waals surface area (Å²) in [4.78, 5) is 26.0. The number of carbonyl (C=O) groups is 1. The van der Waals surface area contributed by atoms with Crippen molar-refractivity contribution in [1.29, 1.82) is 0 Å². The number of pyridine rings is 1. The van der Waals surface area contributed by atoms with Crippen molar-refractivity contribution in [3.8, 4) is 0 Å². The zero-order valence-corrected chi connectivity index (χ0v) is 15.9. The third-order valence-corrected chi connectivity index (χ3v) is 7.16. The third-order valence-electron chi connectivity index (χ3n) is 5.13. The maximum absolute atomic E-state index is 12.6. The Kier molecular flexibility index (Phi) is 5.79. The molecule has 1 amide bonds. The van der Waals surface area contributed by atoms with Crippen LogP contribution in [0.2, 0.25) is 0 Å². The summed E-state index contributed by atoms with van der Waals surface area (Å²) in [5, 5.41) is 0. The molecule has 0 atom stereocenters. The molecule has 0 N–H and O–H groups in total. The van der Waals surface area contributed by atoms with Gasteiger partial charge in [-0.3, -0.25) is 9.59 Å². The van der Waals surface area contributed by atoms with Gasteiger partial charge in [0.1, 0.15) is 0 Å². The summed E-state index contributed by atoms with van der Waals surface area (Å²) >= 11 is 0. The standard InChI is InChI=1S/C17H26N4O4S/c1-15-5-4-6-17(23)21(15)10-7-16(22)18-11-13-20(14-12-18)26(24,25)19-8-2-3-9-19/h4-6H,2-3,7-14H2,1H3. The molecule has 8 nitrogen and oxygen atoms in total. The van der Waals surface area contributed by atoms with Gasteiger partial charge in [0.05, 0.1) is 0 Å². The van der Waals surface area contributed by atoms with E-state index < -0.39 is 10.2 Å². The van der Waals surface area contributed by atoms with Crippen LogP contribution in [0, 0.1) is 6.92 Å². The van der Waals surface area contributed by atoms with E-state index in [1.165, 1.54) is 14.7 Å². The fourth-order valence-electron chi connectivity index (χ4n) is 3.53. The van der Waals surface area contributed by atoms with Crippen LogP contribution in [0.25, 0.3) is 0 Å². The average Bonchev–Trinajstić information content (AvgIpc) is 3.17. The van der Waals surface area contributed by atoms with Crippen LogP contribution in [0.15, 0.2) is 23.0 Å². The van der Waals surface area contributed by atoms with Crippen LogP contribution in [-0.2, 0) is 21.5 Å². The normalized spacial score (nSPS) is 19.8. The highest BCUT2D eigenvalue weighted by Crippen LogP contribution is 2.18. The van der Waals surface area contributed by atoms with Crippen LogP contribution in [-0.4, -0.2) is 71.7 Å². The Morgan fingerprint density at radius 1 is 1.00 bits per heavy atom. The van der Waals surface area contributed by atoms with Crippen molar-refractivity contribution in [2.45, 2.75) is 32.7 Å². The summed E-state index contributed by atoms with van der Waals surface area (Å²) < 4.78 is 29.7. The molecule has 0 aliphatic carbocycles. The molecule has 0 saturated carbocycles. The van der Waals surface area contributed by atoms with Crippen molar-refractivity contribution in [3.63, 3.8) is 0 Å². The van der Waals surface area contributed by atoms with E-state index in [0.717, 1.165) is 18.5 Å². The number of hydrogen-bond donors (Lipinski definition) is 0. The van der Waals surface area contributed by atoms with E-state index in [0.29, 0.717) is 45.8 Å². The lowest BCUT2D eigenvalue weighted by Crippen LogP contribution is -2.53. The topological polar surface area (TPSA) is 82.9 Å². The number of aryl methyl sites for hydroxylation is 1. The predicted octanol–water partition coefficient (Wildman–Crippen LogP) is 0.0316. The summed E-state index contributed by atoms with van der Waals surface area (Å²) in [6.45, 7) is 4.82. The molecule has 9 heteroatoms. The maximum Gasteiger partial charge on any atom is 0.282 e. The van der Waals surface area contributed by atoms with E-state index in [9.17, 15) is 18.0 Å². The number of rotatable bonds is 5. The largest absolute Gasteiger partial charge is 0.340 e. The Morgan fingerprint density at radius 3 is 2.23 bits per heavy atom. The maximum atomic E-state index is 12.6. The zero-order valence-electron chi connectivity index (χ0n) is 15.1. The Bertz CT molecular complexity index is 806. The summed E-state index contributed by atoms with van der Waals surface area (Å²) in [5.74, 6) is -0.0432. The lowest BCUT2D eigenvalue weighted by Gasteiger charge is -2.35. The summed E-state index contributed by atoms with van der Waals surface area (Å²) in [5.41, 5.74) is 0.714. The first-order valence-corrected chi connectivity index (χ1v) is 10.5. The van der Waals surface area contributed by atoms with Gasteiger partial charge in [0.2, 0.25) is 5.91 Å². The van der Waals surface area contributed by atoms with E-state index >= 15 is 0 Å². The van der Waals surface area contributed by atoms with E-state index in [4.69, 9.17) is 0 Å². The number of aromatic nitrogens is 1. The summed E-state index contributed by atoms with van der Waals surface area (Å²) in [6, 6.07) is 5.03. The first-order chi connectivity index (χ1) is 12.4. The highest BCUT2D eigenvalue weighted by atomic mass is 32.2. The van der Waals surface area contributed by atoms with Crippen LogP contribution >= 0.6 is 0 Å². The SMILES string of the molecule is Cc1cccc(=O)n1CCC(=O)N1CCN(S(=O)(=O)N2CCCC2)CC1. The highest BCUT2D eigenvalue weighted by Gasteiger charge is 2.34. The van der Waals surface area contributed by atoms with Crippen LogP contribution in [0.3, 0.4) is 0 Å². The summed E-state index contributed by atoms with van der Waals surface area (Å²) in [7, 11) is -3.39. The Balaban J connectivity index is 1.53. The predicted molar refractivity (Wildman–Crippen MR) is 97.9 cm³/mol. The van der Waals surface area contributed by atoms with Crippen molar-refractivity contribution in [2.24, 2.45) is 0 Å². The fraction of sp³-hybridized carbons (Fsp3) is 0.647. The second kappa shape index (κ2) is 7.89. The van der Waals surface area contributed by atoms with Crippen molar-refractivity contribution < 1.29 is 13.2 Å². The molecule has 0 aromatic carbocycles. The molecule has 3 heterocycles. The van der Waals surface area contributed by atoms with Crippen LogP contribution < -0.4 is 5.56 Å². The molecule has 2 saturated heterocycles. The molecule has 1 aromatic rings. The summed E-state index contributed by atoms with van der Waals surface area (Å²) in [6.07, 6.45) is 2.07. The first kappa shape index (κ1) is 19.1. The average molecular weight is 382 g/mol. The van der Waals surface area contributed by atoms with Gasteiger partial charge in [0.25, 0.3) is 15.8 Å². The lowest BCUT2D eigenvalue weighted by atomic mass is 10.3. The molecule has 0 radical (unpaired) electrons. The lowest BCUT2D eigenvalue weighted by molar-refractivity contribution is -0.132. The van der Waals surface area contributed by atoms with Gasteiger partial charge >= 0.3 is 0 Å². The zero-order chi connectivity index (χ0) is 18.7. The van der Waals surface area contributed by atoms with Gasteiger partial charge in [0.15, 0.2) is 0 Å². The van der Waals surface area contributed by atoms with Gasteiger partial charge in [-0.2, -0.15) is 17.0 Å². The van der Waals surface area contributed by atoms with Crippen molar-refractivity contribution >= 4 is 16.1 Å². The number of amides is 1. The minimum absolute atomic E-state index is 0.0432. The number of carbonyl (C=O) groups excluding carboxylic acids is 1. The molecular weight excluding hydrogens is 356 g/mol. The van der Waals surface area contributed by atoms with Gasteiger partial charge in [-0.25, -0.2) is 0 Å². The Morgan fingerprint density at radius 2 is 1.62 bits per heavy atom. The van der Waals surface area contributed by atoms with Gasteiger partial charge < -0.3 is 9.47 Å². The minimum atomic E-state index is -3.39. The monoisotopic (exact) mass is 382 g/mol. The van der Waals surface area contributed by atoms with Gasteiger partial charge in [-0.1, -0.05) is 6.07 Å². The second-order valence-corrected chi connectivity index (χ2v) is 8.73. The van der Waals surface area contributed by atoms with Crippen LogP contribution in [0.4, 0.5) is 0 Å². The van der Waals surface area contributed by atoms with Gasteiger partial charge in [-0.05, 0) is 25.8 Å². The van der Waals surface area contributed by atoms with E-state index in [2.05, 4.69) is 0 Å². The molecule has 26 heavy (non-hydrogen) atoms. The molecular formula is C17H26N4O4S. The second-order valence-electron chi connectivity index (χ2n) is 6.80. The molecule has 2 fully saturated rings. The van der Waals surface area contributed by atoms with E-state index in [-0.39, 0.29) is 17.9 Å². The van der Waals surface area contributed by atoms with E-state index in [1.54, 1.807) is 15.5 Å². The van der Waals surface area contributed by atoms with Gasteiger partial charge in [0, 0.05) is 64.0 Å². The highest BCUT2D eigenvalue weighted by molar-refractivity contribution is 7.86. The Hall–Kier alpha value is -1.71. The quantitative estimate of drug-likeness (QED) is 0.719. The molecule has 1 aromatic heterocycles. The van der Waals surface area contributed by atoms with Crippen molar-refractivity contribution in [3.05, 3.63) is 34.2 Å². The van der Waals surface area contributed by atoms with Gasteiger partial charge in [-0.15, -0.1) is 0 Å². The molecule has 2 aliphatic heterocycles. The molecule has 0 bridgehead atoms.